The third-order valence-corrected chi connectivity index (χ3v) is 4.68. The van der Waals surface area contributed by atoms with Crippen LogP contribution in [0.15, 0.2) is 36.4 Å². The summed E-state index contributed by atoms with van der Waals surface area (Å²) in [7, 11) is 0. The molecule has 0 radical (unpaired) electrons. The maximum Gasteiger partial charge on any atom is 0.414 e. The molecule has 1 saturated heterocycles. The highest BCUT2D eigenvalue weighted by atomic mass is 35.5. The van der Waals surface area contributed by atoms with E-state index in [1.165, 1.54) is 16.2 Å². The van der Waals surface area contributed by atoms with Crippen LogP contribution in [-0.2, 0) is 4.74 Å². The summed E-state index contributed by atoms with van der Waals surface area (Å²) in [5.41, 5.74) is 1.16. The zero-order valence-electron chi connectivity index (χ0n) is 12.4. The zero-order chi connectivity index (χ0) is 17.1. The monoisotopic (exact) mass is 361 g/mol. The molecule has 0 bridgehead atoms. The van der Waals surface area contributed by atoms with Gasteiger partial charge in [-0.2, -0.15) is 0 Å². The summed E-state index contributed by atoms with van der Waals surface area (Å²) < 4.78 is 5.81. The Labute approximate surface area is 147 Å². The molecule has 2 heterocycles. The van der Waals surface area contributed by atoms with Gasteiger partial charge in [-0.05, 0) is 24.3 Å². The number of anilines is 1. The second-order valence-corrected chi connectivity index (χ2v) is 6.77. The molecule has 1 atom stereocenters. The van der Waals surface area contributed by atoms with Crippen LogP contribution in [0.5, 0.6) is 0 Å². The molecule has 6 nitrogen and oxygen atoms in total. The molecule has 1 aromatic heterocycles. The summed E-state index contributed by atoms with van der Waals surface area (Å²) in [6, 6.07) is 9.99. The number of benzene rings is 1. The normalized spacial score (nSPS) is 16.6. The Morgan fingerprint density at radius 3 is 2.75 bits per heavy atom. The highest BCUT2D eigenvalue weighted by Crippen LogP contribution is 2.24. The van der Waals surface area contributed by atoms with Crippen LogP contribution >= 0.6 is 22.9 Å². The minimum Gasteiger partial charge on any atom is -0.442 e. The number of rotatable bonds is 4. The summed E-state index contributed by atoms with van der Waals surface area (Å²) in [5.74, 6) is -0.247. The molecular weight excluding hydrogens is 350 g/mol. The molecule has 1 aliphatic rings. The molecule has 0 unspecified atom stereocenters. The van der Waals surface area contributed by atoms with Gasteiger partial charge in [-0.25, -0.2) is 9.64 Å². The van der Waals surface area contributed by atoms with E-state index in [9.17, 15) is 9.59 Å². The molecule has 0 aliphatic carbocycles. The van der Waals surface area contributed by atoms with Crippen molar-refractivity contribution < 1.29 is 14.3 Å². The van der Waals surface area contributed by atoms with Crippen molar-refractivity contribution in [2.75, 3.05) is 18.0 Å². The maximum atomic E-state index is 12.0. The third kappa shape index (κ3) is 3.50. The van der Waals surface area contributed by atoms with Crippen molar-refractivity contribution in [2.24, 2.45) is 0 Å². The minimum atomic E-state index is -0.469. The van der Waals surface area contributed by atoms with Crippen LogP contribution in [0.25, 0.3) is 4.85 Å². The lowest BCUT2D eigenvalue weighted by Crippen LogP contribution is -2.34. The number of carbonyl (C=O) groups excluding carboxylic acids is 2. The van der Waals surface area contributed by atoms with Crippen LogP contribution in [0.1, 0.15) is 9.67 Å². The Kier molecular flexibility index (Phi) is 4.69. The first-order valence-electron chi connectivity index (χ1n) is 7.06. The van der Waals surface area contributed by atoms with E-state index in [1.54, 1.807) is 36.4 Å². The van der Waals surface area contributed by atoms with Gasteiger partial charge in [-0.15, -0.1) is 11.3 Å². The van der Waals surface area contributed by atoms with Gasteiger partial charge in [-0.1, -0.05) is 23.7 Å². The predicted molar refractivity (Wildman–Crippen MR) is 92.0 cm³/mol. The van der Waals surface area contributed by atoms with Gasteiger partial charge in [0, 0.05) is 5.69 Å². The van der Waals surface area contributed by atoms with Crippen molar-refractivity contribution >= 4 is 46.3 Å². The van der Waals surface area contributed by atoms with E-state index in [0.717, 1.165) is 0 Å². The molecule has 2 aromatic rings. The predicted octanol–water partition coefficient (Wildman–Crippen LogP) is 3.71. The summed E-state index contributed by atoms with van der Waals surface area (Å²) in [6.45, 7) is 7.49. The van der Waals surface area contributed by atoms with Crippen molar-refractivity contribution in [3.8, 4) is 0 Å². The summed E-state index contributed by atoms with van der Waals surface area (Å²) in [5, 5.41) is 2.73. The van der Waals surface area contributed by atoms with Crippen molar-refractivity contribution in [3.63, 3.8) is 0 Å². The summed E-state index contributed by atoms with van der Waals surface area (Å²) >= 11 is 6.99. The summed E-state index contributed by atoms with van der Waals surface area (Å²) in [6.07, 6.45) is -0.901. The Morgan fingerprint density at radius 2 is 2.12 bits per heavy atom. The fourth-order valence-corrected chi connectivity index (χ4v) is 3.24. The lowest BCUT2D eigenvalue weighted by molar-refractivity contribution is 0.0920. The molecule has 1 aliphatic heterocycles. The highest BCUT2D eigenvalue weighted by molar-refractivity contribution is 7.17. The Bertz CT molecular complexity index is 813. The topological polar surface area (TPSA) is 63.0 Å². The van der Waals surface area contributed by atoms with Gasteiger partial charge in [0.15, 0.2) is 5.69 Å². The van der Waals surface area contributed by atoms with Gasteiger partial charge in [-0.3, -0.25) is 9.69 Å². The first-order valence-corrected chi connectivity index (χ1v) is 8.25. The van der Waals surface area contributed by atoms with E-state index in [4.69, 9.17) is 22.9 Å². The SMILES string of the molecule is [C-]#[N+]c1ccc(N2C[C@H](CNC(=O)c3ccc(Cl)s3)OC2=O)cc1. The van der Waals surface area contributed by atoms with Crippen molar-refractivity contribution in [1.29, 1.82) is 0 Å². The number of cyclic esters (lactones) is 1. The number of hydrogen-bond acceptors (Lipinski definition) is 4. The van der Waals surface area contributed by atoms with Gasteiger partial charge < -0.3 is 10.1 Å². The van der Waals surface area contributed by atoms with E-state index in [0.29, 0.717) is 27.1 Å². The zero-order valence-corrected chi connectivity index (χ0v) is 13.9. The Balaban J connectivity index is 1.58. The van der Waals surface area contributed by atoms with Crippen LogP contribution in [0, 0.1) is 6.57 Å². The number of amides is 2. The molecule has 0 spiro atoms. The molecule has 1 aromatic carbocycles. The molecule has 122 valence electrons. The van der Waals surface area contributed by atoms with Gasteiger partial charge in [0.1, 0.15) is 6.10 Å². The van der Waals surface area contributed by atoms with Crippen LogP contribution in [0.2, 0.25) is 4.34 Å². The second-order valence-electron chi connectivity index (χ2n) is 5.06. The van der Waals surface area contributed by atoms with E-state index in [1.807, 2.05) is 0 Å². The summed E-state index contributed by atoms with van der Waals surface area (Å²) in [4.78, 5) is 29.2. The first-order chi connectivity index (χ1) is 11.6. The number of nitrogens with zero attached hydrogens (tertiary/aromatic N) is 2. The van der Waals surface area contributed by atoms with Gasteiger partial charge in [0.25, 0.3) is 5.91 Å². The van der Waals surface area contributed by atoms with E-state index in [2.05, 4.69) is 10.2 Å². The van der Waals surface area contributed by atoms with Crippen molar-refractivity contribution in [2.45, 2.75) is 6.10 Å². The van der Waals surface area contributed by atoms with E-state index in [-0.39, 0.29) is 12.5 Å². The first kappa shape index (κ1) is 16.3. The number of nitrogens with one attached hydrogen (secondary N) is 1. The quantitative estimate of drug-likeness (QED) is 0.844. The second kappa shape index (κ2) is 6.91. The van der Waals surface area contributed by atoms with Crippen molar-refractivity contribution in [1.82, 2.24) is 5.32 Å². The number of carbonyl (C=O) groups is 2. The molecule has 0 saturated carbocycles. The molecular formula is C16H12ClN3O3S. The fraction of sp³-hybridized carbons (Fsp3) is 0.188. The minimum absolute atomic E-state index is 0.219. The molecule has 1 fully saturated rings. The fourth-order valence-electron chi connectivity index (χ4n) is 2.28. The van der Waals surface area contributed by atoms with Crippen LogP contribution < -0.4 is 10.2 Å². The number of thiophene rings is 1. The average Bonchev–Trinajstić information content (AvgIpc) is 3.18. The van der Waals surface area contributed by atoms with Gasteiger partial charge in [0.05, 0.1) is 28.9 Å². The average molecular weight is 362 g/mol. The number of ether oxygens (including phenoxy) is 1. The highest BCUT2D eigenvalue weighted by Gasteiger charge is 2.32. The lowest BCUT2D eigenvalue weighted by atomic mass is 10.2. The number of halogens is 1. The smallest absolute Gasteiger partial charge is 0.414 e. The van der Waals surface area contributed by atoms with Gasteiger partial charge in [0.2, 0.25) is 0 Å². The Hall–Kier alpha value is -2.56. The van der Waals surface area contributed by atoms with E-state index >= 15 is 0 Å². The standard InChI is InChI=1S/C16H12ClN3O3S/c1-18-10-2-4-11(5-3-10)20-9-12(23-16(20)22)8-19-15(21)13-6-7-14(17)24-13/h2-7,12H,8-9H2,(H,19,21)/t12-/m0/s1. The molecule has 3 rings (SSSR count). The Morgan fingerprint density at radius 1 is 1.38 bits per heavy atom. The third-order valence-electron chi connectivity index (χ3n) is 3.45. The largest absolute Gasteiger partial charge is 0.442 e. The van der Waals surface area contributed by atoms with Crippen LogP contribution in [0.4, 0.5) is 16.2 Å². The lowest BCUT2D eigenvalue weighted by Gasteiger charge is -2.13. The van der Waals surface area contributed by atoms with Crippen molar-refractivity contribution in [3.05, 3.63) is 57.0 Å². The molecule has 2 amide bonds. The van der Waals surface area contributed by atoms with Crippen LogP contribution in [0.3, 0.4) is 0 Å². The molecule has 8 heteroatoms. The number of hydrogen-bond donors (Lipinski definition) is 1. The van der Waals surface area contributed by atoms with E-state index < -0.39 is 12.2 Å². The maximum absolute atomic E-state index is 12.0. The van der Waals surface area contributed by atoms with Gasteiger partial charge >= 0.3 is 6.09 Å². The van der Waals surface area contributed by atoms with Crippen LogP contribution in [-0.4, -0.2) is 31.2 Å². The molecule has 24 heavy (non-hydrogen) atoms. The molecule has 1 N–H and O–H groups in total.